The molecule has 1 aliphatic rings. The molecule has 0 bridgehead atoms. The summed E-state index contributed by atoms with van der Waals surface area (Å²) in [6, 6.07) is 11.2. The first-order valence-corrected chi connectivity index (χ1v) is 8.98. The van der Waals surface area contributed by atoms with E-state index in [0.717, 1.165) is 30.2 Å². The van der Waals surface area contributed by atoms with Crippen molar-refractivity contribution in [2.24, 2.45) is 0 Å². The summed E-state index contributed by atoms with van der Waals surface area (Å²) in [7, 11) is 0. The highest BCUT2D eigenvalue weighted by atomic mass is 32.2. The van der Waals surface area contributed by atoms with E-state index in [1.165, 1.54) is 41.1 Å². The van der Waals surface area contributed by atoms with E-state index < -0.39 is 22.9 Å². The Kier molecular flexibility index (Phi) is 5.08. The number of fused-ring (bicyclic) bond motifs is 1. The van der Waals surface area contributed by atoms with E-state index >= 15 is 0 Å². The Morgan fingerprint density at radius 3 is 2.60 bits per heavy atom. The summed E-state index contributed by atoms with van der Waals surface area (Å²) in [4.78, 5) is 13.3. The summed E-state index contributed by atoms with van der Waals surface area (Å²) < 4.78 is 39.1. The first-order chi connectivity index (χ1) is 11.8. The predicted molar refractivity (Wildman–Crippen MR) is 93.9 cm³/mol. The molecule has 0 unspecified atom stereocenters. The number of carbonyl (C=O) groups excluding carboxylic acids is 1. The molecule has 0 fully saturated rings. The van der Waals surface area contributed by atoms with Gasteiger partial charge in [0.1, 0.15) is 0 Å². The lowest BCUT2D eigenvalue weighted by Gasteiger charge is -2.16. The standard InChI is InChI=1S/C19H18F3NOS/c1-12(25-15-10-9-13-5-4-6-14(13)11-15)18(24)23-17-8-3-2-7-16(17)19(20,21)22/h2-3,7-12H,4-6H2,1H3,(H,23,24)/t12-/m0/s1. The van der Waals surface area contributed by atoms with Crippen molar-refractivity contribution in [3.63, 3.8) is 0 Å². The van der Waals surface area contributed by atoms with Crippen LogP contribution in [0.4, 0.5) is 18.9 Å². The molecule has 0 saturated heterocycles. The molecule has 132 valence electrons. The second-order valence-corrected chi connectivity index (χ2v) is 7.49. The number of anilines is 1. The molecular formula is C19H18F3NOS. The van der Waals surface area contributed by atoms with Gasteiger partial charge >= 0.3 is 6.18 Å². The van der Waals surface area contributed by atoms with Crippen LogP contribution in [0.25, 0.3) is 0 Å². The van der Waals surface area contributed by atoms with Crippen molar-refractivity contribution in [2.45, 2.75) is 42.5 Å². The molecule has 1 aliphatic carbocycles. The van der Waals surface area contributed by atoms with Gasteiger partial charge in [0, 0.05) is 4.90 Å². The van der Waals surface area contributed by atoms with Gasteiger partial charge in [0.05, 0.1) is 16.5 Å². The SMILES string of the molecule is C[C@H](Sc1ccc2c(c1)CCC2)C(=O)Nc1ccccc1C(F)(F)F. The molecule has 2 aromatic rings. The number of halogens is 3. The number of hydrogen-bond acceptors (Lipinski definition) is 2. The zero-order valence-corrected chi connectivity index (χ0v) is 14.5. The number of benzene rings is 2. The fourth-order valence-electron chi connectivity index (χ4n) is 2.95. The van der Waals surface area contributed by atoms with Crippen molar-refractivity contribution in [1.82, 2.24) is 0 Å². The minimum Gasteiger partial charge on any atom is -0.325 e. The van der Waals surface area contributed by atoms with Crippen LogP contribution in [-0.4, -0.2) is 11.2 Å². The Morgan fingerprint density at radius 2 is 1.84 bits per heavy atom. The maximum atomic E-state index is 13.0. The fraction of sp³-hybridized carbons (Fsp3) is 0.316. The molecule has 0 aliphatic heterocycles. The molecule has 2 nitrogen and oxygen atoms in total. The Labute approximate surface area is 148 Å². The van der Waals surface area contributed by atoms with E-state index in [-0.39, 0.29) is 5.69 Å². The summed E-state index contributed by atoms with van der Waals surface area (Å²) in [6.07, 6.45) is -1.22. The Hall–Kier alpha value is -1.95. The van der Waals surface area contributed by atoms with E-state index in [0.29, 0.717) is 0 Å². The van der Waals surface area contributed by atoms with Crippen LogP contribution in [-0.2, 0) is 23.8 Å². The molecule has 0 radical (unpaired) electrons. The van der Waals surface area contributed by atoms with Gasteiger partial charge in [-0.1, -0.05) is 18.2 Å². The number of rotatable bonds is 4. The van der Waals surface area contributed by atoms with Crippen molar-refractivity contribution in [3.05, 3.63) is 59.2 Å². The second kappa shape index (κ2) is 7.12. The van der Waals surface area contributed by atoms with Crippen molar-refractivity contribution in [2.75, 3.05) is 5.32 Å². The summed E-state index contributed by atoms with van der Waals surface area (Å²) >= 11 is 1.36. The zero-order chi connectivity index (χ0) is 18.0. The number of aryl methyl sites for hydroxylation is 2. The van der Waals surface area contributed by atoms with Gasteiger partial charge in [-0.2, -0.15) is 13.2 Å². The summed E-state index contributed by atoms with van der Waals surface area (Å²) in [6.45, 7) is 1.70. The molecular weight excluding hydrogens is 347 g/mol. The number of alkyl halides is 3. The summed E-state index contributed by atoms with van der Waals surface area (Å²) in [5.41, 5.74) is 1.61. The van der Waals surface area contributed by atoms with Crippen molar-refractivity contribution >= 4 is 23.4 Å². The molecule has 0 saturated carbocycles. The number of carbonyl (C=O) groups is 1. The molecule has 0 heterocycles. The summed E-state index contributed by atoms with van der Waals surface area (Å²) in [5.74, 6) is -0.442. The van der Waals surface area contributed by atoms with Gasteiger partial charge in [-0.05, 0) is 61.6 Å². The minimum atomic E-state index is -4.50. The van der Waals surface area contributed by atoms with Crippen LogP contribution in [0.15, 0.2) is 47.4 Å². The van der Waals surface area contributed by atoms with Crippen LogP contribution in [0.1, 0.15) is 30.0 Å². The molecule has 25 heavy (non-hydrogen) atoms. The van der Waals surface area contributed by atoms with E-state index in [4.69, 9.17) is 0 Å². The Morgan fingerprint density at radius 1 is 1.12 bits per heavy atom. The average molecular weight is 365 g/mol. The minimum absolute atomic E-state index is 0.207. The average Bonchev–Trinajstić information content (AvgIpc) is 3.02. The Balaban J connectivity index is 1.69. The highest BCUT2D eigenvalue weighted by Crippen LogP contribution is 2.35. The maximum Gasteiger partial charge on any atom is 0.418 e. The zero-order valence-electron chi connectivity index (χ0n) is 13.7. The third-order valence-electron chi connectivity index (χ3n) is 4.24. The first-order valence-electron chi connectivity index (χ1n) is 8.10. The molecule has 0 aromatic heterocycles. The van der Waals surface area contributed by atoms with Gasteiger partial charge in [0.2, 0.25) is 5.91 Å². The number of hydrogen-bond donors (Lipinski definition) is 1. The third-order valence-corrected chi connectivity index (χ3v) is 5.34. The predicted octanol–water partition coefficient (Wildman–Crippen LogP) is 5.31. The van der Waals surface area contributed by atoms with Crippen LogP contribution in [0, 0.1) is 0 Å². The van der Waals surface area contributed by atoms with E-state index in [9.17, 15) is 18.0 Å². The Bertz CT molecular complexity index is 788. The molecule has 1 atom stereocenters. The number of para-hydroxylation sites is 1. The van der Waals surface area contributed by atoms with Gasteiger partial charge in [-0.3, -0.25) is 4.79 Å². The lowest BCUT2D eigenvalue weighted by Crippen LogP contribution is -2.24. The van der Waals surface area contributed by atoms with E-state index in [1.807, 2.05) is 6.07 Å². The first kappa shape index (κ1) is 17.9. The number of nitrogens with one attached hydrogen (secondary N) is 1. The quantitative estimate of drug-likeness (QED) is 0.744. The fourth-order valence-corrected chi connectivity index (χ4v) is 3.88. The molecule has 2 aromatic carbocycles. The topological polar surface area (TPSA) is 29.1 Å². The van der Waals surface area contributed by atoms with Crippen LogP contribution >= 0.6 is 11.8 Å². The van der Waals surface area contributed by atoms with E-state index in [1.54, 1.807) is 6.92 Å². The monoisotopic (exact) mass is 365 g/mol. The smallest absolute Gasteiger partial charge is 0.325 e. The normalized spacial score (nSPS) is 14.9. The van der Waals surface area contributed by atoms with Crippen LogP contribution < -0.4 is 5.32 Å². The summed E-state index contributed by atoms with van der Waals surface area (Å²) in [5, 5.41) is 1.91. The van der Waals surface area contributed by atoms with Gasteiger partial charge in [0.15, 0.2) is 0 Å². The number of amides is 1. The van der Waals surface area contributed by atoms with Gasteiger partial charge in [-0.25, -0.2) is 0 Å². The van der Waals surface area contributed by atoms with Gasteiger partial charge in [-0.15, -0.1) is 11.8 Å². The highest BCUT2D eigenvalue weighted by Gasteiger charge is 2.33. The van der Waals surface area contributed by atoms with Gasteiger partial charge < -0.3 is 5.32 Å². The molecule has 3 rings (SSSR count). The lowest BCUT2D eigenvalue weighted by molar-refractivity contribution is -0.137. The highest BCUT2D eigenvalue weighted by molar-refractivity contribution is 8.00. The largest absolute Gasteiger partial charge is 0.418 e. The van der Waals surface area contributed by atoms with Crippen molar-refractivity contribution in [3.8, 4) is 0 Å². The van der Waals surface area contributed by atoms with Crippen LogP contribution in [0.5, 0.6) is 0 Å². The molecule has 1 N–H and O–H groups in total. The van der Waals surface area contributed by atoms with Crippen molar-refractivity contribution < 1.29 is 18.0 Å². The van der Waals surface area contributed by atoms with Crippen molar-refractivity contribution in [1.29, 1.82) is 0 Å². The lowest BCUT2D eigenvalue weighted by atomic mass is 10.1. The van der Waals surface area contributed by atoms with Crippen LogP contribution in [0.2, 0.25) is 0 Å². The van der Waals surface area contributed by atoms with Gasteiger partial charge in [0.25, 0.3) is 0 Å². The molecule has 6 heteroatoms. The molecule has 0 spiro atoms. The van der Waals surface area contributed by atoms with Crippen LogP contribution in [0.3, 0.4) is 0 Å². The van der Waals surface area contributed by atoms with E-state index in [2.05, 4.69) is 17.4 Å². The molecule has 1 amide bonds. The third kappa shape index (κ3) is 4.18. The second-order valence-electron chi connectivity index (χ2n) is 6.08. The number of thioether (sulfide) groups is 1. The maximum absolute atomic E-state index is 13.0.